The number of phenols is 1. The fourth-order valence-electron chi connectivity index (χ4n) is 3.06. The van der Waals surface area contributed by atoms with Gasteiger partial charge in [-0.15, -0.1) is 0 Å². The second-order valence-corrected chi connectivity index (χ2v) is 6.01. The summed E-state index contributed by atoms with van der Waals surface area (Å²) in [5.74, 6) is 0.378. The molecule has 0 unspecified atom stereocenters. The van der Waals surface area contributed by atoms with Crippen molar-refractivity contribution in [1.82, 2.24) is 24.1 Å². The predicted molar refractivity (Wildman–Crippen MR) is 97.1 cm³/mol. The van der Waals surface area contributed by atoms with Crippen molar-refractivity contribution in [3.8, 4) is 17.3 Å². The second kappa shape index (κ2) is 6.91. The Morgan fingerprint density at radius 3 is 2.78 bits per heavy atom. The molecular formula is C19H17N5O3. The van der Waals surface area contributed by atoms with E-state index in [9.17, 15) is 9.90 Å². The maximum atomic E-state index is 12.5. The summed E-state index contributed by atoms with van der Waals surface area (Å²) < 4.78 is 8.47. The third-order valence-corrected chi connectivity index (χ3v) is 4.37. The smallest absolute Gasteiger partial charge is 0.329 e. The minimum Gasteiger partial charge on any atom is -0.508 e. The molecule has 136 valence electrons. The zero-order valence-electron chi connectivity index (χ0n) is 14.6. The summed E-state index contributed by atoms with van der Waals surface area (Å²) in [5, 5.41) is 13.7. The van der Waals surface area contributed by atoms with E-state index < -0.39 is 6.04 Å². The molecule has 0 radical (unpaired) electrons. The lowest BCUT2D eigenvalue weighted by atomic mass is 10.1. The first-order valence-electron chi connectivity index (χ1n) is 8.35. The summed E-state index contributed by atoms with van der Waals surface area (Å²) in [6.07, 6.45) is 5.24. The highest BCUT2D eigenvalue weighted by Crippen LogP contribution is 2.25. The zero-order chi connectivity index (χ0) is 18.8. The lowest BCUT2D eigenvalue weighted by Crippen LogP contribution is -2.23. The van der Waals surface area contributed by atoms with Gasteiger partial charge in [0.25, 0.3) is 0 Å². The van der Waals surface area contributed by atoms with Crippen molar-refractivity contribution in [2.75, 3.05) is 7.11 Å². The molecule has 0 fully saturated rings. The number of aromatic nitrogens is 5. The fraction of sp³-hybridized carbons (Fsp3) is 0.158. The number of ether oxygens (including phenoxy) is 1. The number of esters is 1. The highest BCUT2D eigenvalue weighted by atomic mass is 16.5. The average molecular weight is 363 g/mol. The lowest BCUT2D eigenvalue weighted by Gasteiger charge is -2.19. The topological polar surface area (TPSA) is 94.5 Å². The number of rotatable bonds is 5. The molecule has 8 nitrogen and oxygen atoms in total. The van der Waals surface area contributed by atoms with Gasteiger partial charge < -0.3 is 14.4 Å². The molecule has 0 amide bonds. The van der Waals surface area contributed by atoms with Crippen molar-refractivity contribution in [3.05, 3.63) is 66.7 Å². The van der Waals surface area contributed by atoms with Crippen molar-refractivity contribution < 1.29 is 14.6 Å². The minimum atomic E-state index is -0.615. The molecule has 0 spiro atoms. The van der Waals surface area contributed by atoms with Crippen LogP contribution in [-0.4, -0.2) is 42.3 Å². The second-order valence-electron chi connectivity index (χ2n) is 6.01. The van der Waals surface area contributed by atoms with Crippen LogP contribution in [0.5, 0.6) is 5.75 Å². The molecule has 0 aliphatic rings. The van der Waals surface area contributed by atoms with Crippen molar-refractivity contribution in [1.29, 1.82) is 0 Å². The number of imidazole rings is 1. The van der Waals surface area contributed by atoms with Gasteiger partial charge in [0.05, 0.1) is 7.11 Å². The summed E-state index contributed by atoms with van der Waals surface area (Å²) in [7, 11) is 1.36. The first-order chi connectivity index (χ1) is 13.2. The van der Waals surface area contributed by atoms with Gasteiger partial charge in [-0.05, 0) is 29.8 Å². The standard InChI is InChI=1S/C19H17N5O3/c1-27-19(26)16(11-13-5-7-14(25)8-6-13)23-10-9-20-18(23)15-3-2-4-17-21-12-22-24(15)17/h2-10,12,16,25H,11H2,1H3/t16-/m0/s1. The van der Waals surface area contributed by atoms with E-state index in [1.165, 1.54) is 13.4 Å². The average Bonchev–Trinajstić information content (AvgIpc) is 3.36. The molecule has 4 aromatic rings. The third kappa shape index (κ3) is 3.12. The Morgan fingerprint density at radius 1 is 1.19 bits per heavy atom. The van der Waals surface area contributed by atoms with Crippen LogP contribution in [0.25, 0.3) is 17.2 Å². The first kappa shape index (κ1) is 16.8. The number of hydrogen-bond acceptors (Lipinski definition) is 6. The number of hydrogen-bond donors (Lipinski definition) is 1. The SMILES string of the molecule is COC(=O)[C@H](Cc1ccc(O)cc1)n1ccnc1-c1cccc2ncnn12. The van der Waals surface area contributed by atoms with Crippen LogP contribution in [0, 0.1) is 0 Å². The van der Waals surface area contributed by atoms with E-state index in [1.807, 2.05) is 18.2 Å². The maximum absolute atomic E-state index is 12.5. The molecule has 0 saturated carbocycles. The number of carbonyl (C=O) groups is 1. The number of benzene rings is 1. The number of methoxy groups -OCH3 is 1. The Kier molecular flexibility index (Phi) is 4.29. The minimum absolute atomic E-state index is 0.176. The molecule has 1 aromatic carbocycles. The van der Waals surface area contributed by atoms with E-state index in [0.717, 1.165) is 11.3 Å². The Bertz CT molecular complexity index is 1080. The van der Waals surface area contributed by atoms with Gasteiger partial charge in [0.1, 0.15) is 23.8 Å². The Labute approximate surface area is 154 Å². The van der Waals surface area contributed by atoms with Gasteiger partial charge in [0.15, 0.2) is 11.5 Å². The first-order valence-corrected chi connectivity index (χ1v) is 8.35. The fourth-order valence-corrected chi connectivity index (χ4v) is 3.06. The van der Waals surface area contributed by atoms with Crippen LogP contribution in [0.1, 0.15) is 11.6 Å². The van der Waals surface area contributed by atoms with Gasteiger partial charge >= 0.3 is 5.97 Å². The molecule has 3 heterocycles. The van der Waals surface area contributed by atoms with Crippen molar-refractivity contribution in [3.63, 3.8) is 0 Å². The maximum Gasteiger partial charge on any atom is 0.329 e. The van der Waals surface area contributed by atoms with Crippen molar-refractivity contribution >= 4 is 11.6 Å². The van der Waals surface area contributed by atoms with Crippen LogP contribution in [0.15, 0.2) is 61.2 Å². The molecule has 1 N–H and O–H groups in total. The summed E-state index contributed by atoms with van der Waals surface area (Å²) in [5.41, 5.74) is 2.30. The molecule has 27 heavy (non-hydrogen) atoms. The van der Waals surface area contributed by atoms with Gasteiger partial charge in [-0.2, -0.15) is 5.10 Å². The van der Waals surface area contributed by atoms with Crippen LogP contribution < -0.4 is 0 Å². The quantitative estimate of drug-likeness (QED) is 0.547. The zero-order valence-corrected chi connectivity index (χ0v) is 14.6. The molecule has 4 rings (SSSR count). The van der Waals surface area contributed by atoms with Gasteiger partial charge in [-0.3, -0.25) is 0 Å². The molecule has 8 heteroatoms. The largest absolute Gasteiger partial charge is 0.508 e. The van der Waals surface area contributed by atoms with E-state index in [2.05, 4.69) is 15.1 Å². The number of pyridine rings is 1. The molecule has 0 bridgehead atoms. The summed E-state index contributed by atoms with van der Waals surface area (Å²) >= 11 is 0. The number of carbonyl (C=O) groups excluding carboxylic acids is 1. The Morgan fingerprint density at radius 2 is 2.00 bits per heavy atom. The molecular weight excluding hydrogens is 346 g/mol. The van der Waals surface area contributed by atoms with Crippen LogP contribution in [0.2, 0.25) is 0 Å². The molecule has 3 aromatic heterocycles. The van der Waals surface area contributed by atoms with Crippen LogP contribution in [-0.2, 0) is 16.0 Å². The normalized spacial score (nSPS) is 12.2. The van der Waals surface area contributed by atoms with Gasteiger partial charge in [-0.1, -0.05) is 18.2 Å². The van der Waals surface area contributed by atoms with E-state index >= 15 is 0 Å². The van der Waals surface area contributed by atoms with Gasteiger partial charge in [0, 0.05) is 18.8 Å². The Hall–Kier alpha value is -3.68. The van der Waals surface area contributed by atoms with Crippen LogP contribution in [0.4, 0.5) is 0 Å². The van der Waals surface area contributed by atoms with E-state index in [4.69, 9.17) is 4.74 Å². The predicted octanol–water partition coefficient (Wildman–Crippen LogP) is 2.26. The molecule has 1 atom stereocenters. The third-order valence-electron chi connectivity index (χ3n) is 4.37. The summed E-state index contributed by atoms with van der Waals surface area (Å²) in [6, 6.07) is 11.7. The Balaban J connectivity index is 1.78. The number of aromatic hydroxyl groups is 1. The van der Waals surface area contributed by atoms with Crippen molar-refractivity contribution in [2.24, 2.45) is 0 Å². The molecule has 0 saturated heterocycles. The monoisotopic (exact) mass is 363 g/mol. The highest BCUT2D eigenvalue weighted by molar-refractivity contribution is 5.75. The summed E-state index contributed by atoms with van der Waals surface area (Å²) in [6.45, 7) is 0. The van der Waals surface area contributed by atoms with E-state index in [0.29, 0.717) is 17.9 Å². The number of phenolic OH excluding ortho intramolecular Hbond substituents is 1. The van der Waals surface area contributed by atoms with E-state index in [-0.39, 0.29) is 11.7 Å². The molecule has 0 aliphatic carbocycles. The van der Waals surface area contributed by atoms with E-state index in [1.54, 1.807) is 45.7 Å². The number of fused-ring (bicyclic) bond motifs is 1. The van der Waals surface area contributed by atoms with Crippen LogP contribution in [0.3, 0.4) is 0 Å². The number of nitrogens with zero attached hydrogens (tertiary/aromatic N) is 5. The van der Waals surface area contributed by atoms with Gasteiger partial charge in [0.2, 0.25) is 0 Å². The van der Waals surface area contributed by atoms with Gasteiger partial charge in [-0.25, -0.2) is 19.3 Å². The highest BCUT2D eigenvalue weighted by Gasteiger charge is 2.25. The lowest BCUT2D eigenvalue weighted by molar-refractivity contribution is -0.144. The summed E-state index contributed by atoms with van der Waals surface area (Å²) in [4.78, 5) is 21.2. The molecule has 0 aliphatic heterocycles. The van der Waals surface area contributed by atoms with Crippen molar-refractivity contribution in [2.45, 2.75) is 12.5 Å². The van der Waals surface area contributed by atoms with Crippen LogP contribution >= 0.6 is 0 Å².